The molecule has 2 aromatic heterocycles. The molecule has 279 valence electrons. The molecule has 0 saturated heterocycles. The second-order valence-corrected chi connectivity index (χ2v) is 13.4. The molecule has 2 heterocycles. The topological polar surface area (TPSA) is 41.9 Å². The number of hydrogen-bond donors (Lipinski definition) is 1. The first-order valence-electron chi connectivity index (χ1n) is 23.9. The maximum atomic E-state index is 10.7. The van der Waals surface area contributed by atoms with E-state index in [4.69, 9.17) is 16.4 Å². The van der Waals surface area contributed by atoms with Crippen LogP contribution in [-0.2, 0) is 27.1 Å². The third-order valence-corrected chi connectivity index (χ3v) is 10.1. The first-order chi connectivity index (χ1) is 32.2. The van der Waals surface area contributed by atoms with E-state index in [0.717, 1.165) is 50.7 Å². The first-order valence-corrected chi connectivity index (χ1v) is 17.9. The quantitative estimate of drug-likeness (QED) is 0.142. The molecular weight excluding hydrogens is 875 g/mol. The van der Waals surface area contributed by atoms with E-state index in [1.165, 1.54) is 16.7 Å². The van der Waals surface area contributed by atoms with Crippen LogP contribution in [0.5, 0.6) is 5.75 Å². The van der Waals surface area contributed by atoms with Gasteiger partial charge in [0, 0.05) is 38.6 Å². The van der Waals surface area contributed by atoms with Crippen LogP contribution >= 0.6 is 0 Å². The Labute approximate surface area is 364 Å². The maximum Gasteiger partial charge on any atom is 0.244 e. The zero-order chi connectivity index (χ0) is 48.3. The molecule has 0 fully saturated rings. The van der Waals surface area contributed by atoms with E-state index in [2.05, 4.69) is 59.8 Å². The number of nitrogens with zero attached hydrogens (tertiary/aromatic N) is 3. The summed E-state index contributed by atoms with van der Waals surface area (Å²) in [6, 6.07) is 51.8. The predicted molar refractivity (Wildman–Crippen MR) is 228 cm³/mol. The molecule has 0 amide bonds. The van der Waals surface area contributed by atoms with Gasteiger partial charge >= 0.3 is 0 Å². The molecule has 1 aliphatic carbocycles. The number of aromatic nitrogens is 3. The van der Waals surface area contributed by atoms with Gasteiger partial charge in [-0.2, -0.15) is 0 Å². The van der Waals surface area contributed by atoms with Crippen LogP contribution < -0.4 is 4.57 Å². The van der Waals surface area contributed by atoms with E-state index in [-0.39, 0.29) is 48.2 Å². The maximum absolute atomic E-state index is 10.7. The standard InChI is InChI=1S/C32H22N2O.C20H18N.Ir/c1-33-20-34(29-16-8-9-17-32(29)35)31-19-28-26-15-7-5-13-24(26)22-11-3-2-10-21(22)23-12-4-6-14-25(23)27(28)18-30(31)33;1-14-9-10-18(20-11-15(2)16(3)13-21-20)12-19(14)17-7-5-4-6-8-17;/h2-19,35H,1H3;4-9,11-13H,1-3H3;/q;-1;/i1D3;1D3,2D3,3D3;. The monoisotopic (exact) mass is 927 g/mol. The summed E-state index contributed by atoms with van der Waals surface area (Å²) in [5.74, 6) is 0.0461. The van der Waals surface area contributed by atoms with Gasteiger partial charge in [0.2, 0.25) is 6.33 Å². The van der Waals surface area contributed by atoms with Crippen molar-refractivity contribution in [1.29, 1.82) is 0 Å². The molecule has 10 rings (SSSR count). The molecule has 1 radical (unpaired) electrons. The summed E-state index contributed by atoms with van der Waals surface area (Å²) in [6.45, 7) is -10.1. The molecule has 0 saturated carbocycles. The summed E-state index contributed by atoms with van der Waals surface area (Å²) in [6.07, 6.45) is 4.06. The minimum absolute atomic E-state index is 0. The number of pyridine rings is 1. The molecular formula is C52H40IrN3O-. The summed E-state index contributed by atoms with van der Waals surface area (Å²) in [7, 11) is 0. The third kappa shape index (κ3) is 6.91. The first kappa shape index (κ1) is 25.7. The van der Waals surface area contributed by atoms with Crippen LogP contribution in [0.25, 0.3) is 83.6 Å². The number of rotatable bonds is 3. The molecule has 1 N–H and O–H groups in total. The van der Waals surface area contributed by atoms with Crippen LogP contribution in [-0.4, -0.2) is 14.7 Å². The van der Waals surface area contributed by atoms with Crippen molar-refractivity contribution in [2.45, 2.75) is 20.6 Å². The van der Waals surface area contributed by atoms with Crippen molar-refractivity contribution in [2.75, 3.05) is 0 Å². The van der Waals surface area contributed by atoms with Crippen molar-refractivity contribution < 1.29 is 46.2 Å². The Kier molecular flexibility index (Phi) is 7.05. The van der Waals surface area contributed by atoms with Gasteiger partial charge in [-0.25, -0.2) is 0 Å². The summed E-state index contributed by atoms with van der Waals surface area (Å²) < 4.78 is 96.9. The zero-order valence-corrected chi connectivity index (χ0v) is 32.6. The van der Waals surface area contributed by atoms with E-state index in [0.29, 0.717) is 33.4 Å². The van der Waals surface area contributed by atoms with E-state index in [1.54, 1.807) is 53.1 Å². The molecule has 0 spiro atoms. The Balaban J connectivity index is 0.000000189. The Hall–Kier alpha value is -6.39. The number of aromatic hydroxyl groups is 1. The summed E-state index contributed by atoms with van der Waals surface area (Å²) >= 11 is 0. The van der Waals surface area contributed by atoms with Crippen LogP contribution in [0.3, 0.4) is 0 Å². The fourth-order valence-corrected chi connectivity index (χ4v) is 7.38. The Morgan fingerprint density at radius 2 is 1.14 bits per heavy atom. The van der Waals surface area contributed by atoms with Crippen LogP contribution in [0.1, 0.15) is 33.1 Å². The van der Waals surface area contributed by atoms with Crippen molar-refractivity contribution in [3.8, 4) is 78.3 Å². The normalized spacial score (nSPS) is 15.1. The largest absolute Gasteiger partial charge is 0.513 e. The molecule has 7 aromatic carbocycles. The Morgan fingerprint density at radius 3 is 1.74 bits per heavy atom. The number of hydrogen-bond acceptors (Lipinski definition) is 2. The predicted octanol–water partition coefficient (Wildman–Crippen LogP) is 12.1. The molecule has 5 heteroatoms. The molecule has 0 unspecified atom stereocenters. The van der Waals surface area contributed by atoms with Gasteiger partial charge in [-0.05, 0) is 81.1 Å². The van der Waals surface area contributed by atoms with Gasteiger partial charge in [0.1, 0.15) is 5.75 Å². The second-order valence-electron chi connectivity index (χ2n) is 13.4. The number of para-hydroxylation sites is 2. The van der Waals surface area contributed by atoms with Crippen LogP contribution in [0.2, 0.25) is 0 Å². The van der Waals surface area contributed by atoms with Crippen molar-refractivity contribution >= 4 is 11.0 Å². The summed E-state index contributed by atoms with van der Waals surface area (Å²) in [5, 5.41) is 10.7. The van der Waals surface area contributed by atoms with E-state index >= 15 is 0 Å². The molecule has 9 aromatic rings. The van der Waals surface area contributed by atoms with Gasteiger partial charge in [0.15, 0.2) is 0 Å². The molecule has 0 bridgehead atoms. The zero-order valence-electron chi connectivity index (χ0n) is 42.2. The SMILES string of the molecule is [2H]C([2H])([2H])c1c[c-]c(-c2cc(C([2H])([2H])[2H])c(C([2H])([2H])[2H])cn2)cc1-c1ccccc1.[2H]C([2H])([2H])n1[c-][n+](-c2ccccc2O)c2cc3c(cc21)-c1ccccc1-c1ccccc1-c1ccccc1-3.[Ir]. The summed E-state index contributed by atoms with van der Waals surface area (Å²) in [5.41, 5.74) is 11.2. The minimum Gasteiger partial charge on any atom is -0.513 e. The smallest absolute Gasteiger partial charge is 0.244 e. The van der Waals surface area contributed by atoms with E-state index in [9.17, 15) is 5.11 Å². The fraction of sp³-hybridized carbons (Fsp3) is 0.0769. The number of aryl methyl sites for hydroxylation is 4. The molecule has 57 heavy (non-hydrogen) atoms. The van der Waals surface area contributed by atoms with Crippen LogP contribution in [0.15, 0.2) is 164 Å². The average molecular weight is 927 g/mol. The number of phenolic OH excluding ortho intramolecular Hbond substituents is 1. The van der Waals surface area contributed by atoms with E-state index in [1.807, 2.05) is 54.6 Å². The van der Waals surface area contributed by atoms with E-state index < -0.39 is 27.5 Å². The molecule has 0 atom stereocenters. The van der Waals surface area contributed by atoms with Gasteiger partial charge < -0.3 is 19.2 Å². The number of imidazole rings is 1. The van der Waals surface area contributed by atoms with Crippen molar-refractivity contribution in [2.24, 2.45) is 6.98 Å². The van der Waals surface area contributed by atoms with Crippen molar-refractivity contribution in [3.63, 3.8) is 0 Å². The second kappa shape index (κ2) is 15.6. The summed E-state index contributed by atoms with van der Waals surface area (Å²) in [4.78, 5) is 4.13. The molecule has 4 nitrogen and oxygen atoms in total. The molecule has 0 aliphatic heterocycles. The van der Waals surface area contributed by atoms with Gasteiger partial charge in [-0.3, -0.25) is 0 Å². The Morgan fingerprint density at radius 1 is 0.579 bits per heavy atom. The number of fused-ring (bicyclic) bond motifs is 9. The van der Waals surface area contributed by atoms with Crippen molar-refractivity contribution in [3.05, 3.63) is 193 Å². The third-order valence-electron chi connectivity index (χ3n) is 10.1. The molecule has 1 aliphatic rings. The van der Waals surface area contributed by atoms with Gasteiger partial charge in [-0.1, -0.05) is 158 Å². The van der Waals surface area contributed by atoms with Gasteiger partial charge in [0.25, 0.3) is 0 Å². The van der Waals surface area contributed by atoms with Gasteiger partial charge in [-0.15, -0.1) is 29.3 Å². The van der Waals surface area contributed by atoms with Crippen LogP contribution in [0, 0.1) is 32.9 Å². The number of benzene rings is 7. The fourth-order valence-electron chi connectivity index (χ4n) is 7.38. The Bertz CT molecular complexity index is 3380. The van der Waals surface area contributed by atoms with Gasteiger partial charge in [0.05, 0.1) is 27.8 Å². The van der Waals surface area contributed by atoms with Crippen LogP contribution in [0.4, 0.5) is 0 Å². The van der Waals surface area contributed by atoms with Crippen molar-refractivity contribution in [1.82, 2.24) is 9.55 Å². The number of phenols is 1. The minimum atomic E-state index is -2.65. The average Bonchev–Trinajstić information content (AvgIpc) is 3.69.